The van der Waals surface area contributed by atoms with E-state index in [-0.39, 0.29) is 17.0 Å². The molecule has 1 aromatic heterocycles. The van der Waals surface area contributed by atoms with E-state index in [0.29, 0.717) is 0 Å². The minimum absolute atomic E-state index is 0. The maximum atomic E-state index is 4.22. The molecule has 0 unspecified atom stereocenters. The van der Waals surface area contributed by atoms with Gasteiger partial charge in [0.2, 0.25) is 0 Å². The van der Waals surface area contributed by atoms with Crippen molar-refractivity contribution in [2.24, 2.45) is 0 Å². The van der Waals surface area contributed by atoms with E-state index >= 15 is 0 Å². The molecule has 0 fully saturated rings. The van der Waals surface area contributed by atoms with Gasteiger partial charge in [-0.25, -0.2) is 4.98 Å². The molecule has 21 heavy (non-hydrogen) atoms. The summed E-state index contributed by atoms with van der Waals surface area (Å²) in [5.41, 5.74) is 0. The number of unbranched alkanes of at least 4 members (excludes halogenated alkanes) is 11. The summed E-state index contributed by atoms with van der Waals surface area (Å²) in [6.45, 7) is 2.28. The number of H-pyrrole nitrogens is 1. The summed E-state index contributed by atoms with van der Waals surface area (Å²) in [5.74, 6) is 1.20. The predicted molar refractivity (Wildman–Crippen MR) is 101 cm³/mol. The predicted octanol–water partition coefficient (Wildman–Crippen LogP) is 6.78. The number of nitrogens with zero attached hydrogens (tertiary/aromatic N) is 1. The smallest absolute Gasteiger partial charge is 0.165 e. The first-order valence-electron chi connectivity index (χ1n) is 8.55. The van der Waals surface area contributed by atoms with Crippen LogP contribution in [0.3, 0.4) is 0 Å². The van der Waals surface area contributed by atoms with Crippen LogP contribution in [0.2, 0.25) is 0 Å². The second kappa shape index (κ2) is 16.4. The Hall–Kier alpha value is 0.0400. The van der Waals surface area contributed by atoms with E-state index in [4.69, 9.17) is 0 Å². The molecule has 0 amide bonds. The normalized spacial score (nSPS) is 10.5. The minimum Gasteiger partial charge on any atom is -0.340 e. The van der Waals surface area contributed by atoms with E-state index in [1.165, 1.54) is 82.8 Å². The molecule has 0 spiro atoms. The summed E-state index contributed by atoms with van der Waals surface area (Å²) < 4.78 is 0. The monoisotopic (exact) mass is 376 g/mol. The first-order chi connectivity index (χ1) is 9.93. The van der Waals surface area contributed by atoms with Crippen LogP contribution in [0.4, 0.5) is 0 Å². The van der Waals surface area contributed by atoms with Gasteiger partial charge < -0.3 is 4.98 Å². The maximum absolute atomic E-state index is 4.22. The van der Waals surface area contributed by atoms with Crippen molar-refractivity contribution >= 4 is 28.7 Å². The molecule has 124 valence electrons. The highest BCUT2D eigenvalue weighted by Gasteiger charge is 1.96. The van der Waals surface area contributed by atoms with Gasteiger partial charge in [-0.2, -0.15) is 0 Å². The number of aromatic amines is 1. The number of rotatable bonds is 14. The zero-order valence-electron chi connectivity index (χ0n) is 13.6. The molecular weight excluding hydrogens is 344 g/mol. The van der Waals surface area contributed by atoms with Crippen molar-refractivity contribution in [3.05, 3.63) is 12.4 Å². The lowest BCUT2D eigenvalue weighted by Crippen LogP contribution is -1.85. The molecule has 1 aromatic rings. The van der Waals surface area contributed by atoms with Gasteiger partial charge in [0, 0.05) is 18.1 Å². The standard InChI is InChI=1S/C17H32N2S.BrH/c1-2-3-4-5-6-7-8-9-10-11-12-13-16-20-17-18-14-15-19-17;/h14-15H,2-13,16H2,1H3,(H,18,19);1H. The quantitative estimate of drug-likeness (QED) is 0.286. The zero-order valence-corrected chi connectivity index (χ0v) is 16.1. The number of hydrogen-bond acceptors (Lipinski definition) is 2. The Labute approximate surface area is 146 Å². The summed E-state index contributed by atoms with van der Waals surface area (Å²) in [6, 6.07) is 0. The van der Waals surface area contributed by atoms with Gasteiger partial charge in [-0.05, 0) is 6.42 Å². The van der Waals surface area contributed by atoms with Crippen molar-refractivity contribution in [1.29, 1.82) is 0 Å². The third kappa shape index (κ3) is 13.4. The summed E-state index contributed by atoms with van der Waals surface area (Å²) in [7, 11) is 0. The van der Waals surface area contributed by atoms with Crippen molar-refractivity contribution in [2.75, 3.05) is 5.75 Å². The number of aromatic nitrogens is 2. The average molecular weight is 377 g/mol. The van der Waals surface area contributed by atoms with Gasteiger partial charge in [0.25, 0.3) is 0 Å². The fourth-order valence-electron chi connectivity index (χ4n) is 2.44. The van der Waals surface area contributed by atoms with E-state index in [1.54, 1.807) is 0 Å². The highest BCUT2D eigenvalue weighted by atomic mass is 79.9. The van der Waals surface area contributed by atoms with Gasteiger partial charge in [0.15, 0.2) is 5.16 Å². The number of thioether (sulfide) groups is 1. The van der Waals surface area contributed by atoms with Crippen molar-refractivity contribution in [3.63, 3.8) is 0 Å². The van der Waals surface area contributed by atoms with Crippen LogP contribution in [0.15, 0.2) is 17.6 Å². The van der Waals surface area contributed by atoms with E-state index in [1.807, 2.05) is 24.2 Å². The van der Waals surface area contributed by atoms with Crippen molar-refractivity contribution < 1.29 is 0 Å². The molecule has 0 aliphatic heterocycles. The van der Waals surface area contributed by atoms with Crippen LogP contribution in [0.25, 0.3) is 0 Å². The van der Waals surface area contributed by atoms with E-state index in [2.05, 4.69) is 16.9 Å². The lowest BCUT2D eigenvalue weighted by Gasteiger charge is -2.02. The minimum atomic E-state index is 0. The van der Waals surface area contributed by atoms with Crippen LogP contribution in [0.1, 0.15) is 84.0 Å². The van der Waals surface area contributed by atoms with Crippen LogP contribution in [-0.4, -0.2) is 15.7 Å². The van der Waals surface area contributed by atoms with E-state index < -0.39 is 0 Å². The van der Waals surface area contributed by atoms with Crippen molar-refractivity contribution in [2.45, 2.75) is 89.1 Å². The molecule has 0 atom stereocenters. The molecule has 0 bridgehead atoms. The van der Waals surface area contributed by atoms with Gasteiger partial charge in [0.1, 0.15) is 0 Å². The largest absolute Gasteiger partial charge is 0.340 e. The molecule has 0 saturated carbocycles. The SMILES string of the molecule is Br.CCCCCCCCCCCCCCSc1ncc[nH]1. The van der Waals surface area contributed by atoms with Gasteiger partial charge in [-0.1, -0.05) is 89.3 Å². The second-order valence-electron chi connectivity index (χ2n) is 5.63. The molecule has 4 heteroatoms. The third-order valence-corrected chi connectivity index (χ3v) is 4.70. The molecular formula is C17H33BrN2S. The zero-order chi connectivity index (χ0) is 14.3. The van der Waals surface area contributed by atoms with Crippen LogP contribution >= 0.6 is 28.7 Å². The van der Waals surface area contributed by atoms with Crippen molar-refractivity contribution in [1.82, 2.24) is 9.97 Å². The third-order valence-electron chi connectivity index (χ3n) is 3.71. The number of nitrogens with one attached hydrogen (secondary N) is 1. The van der Waals surface area contributed by atoms with Crippen LogP contribution in [-0.2, 0) is 0 Å². The second-order valence-corrected chi connectivity index (χ2v) is 6.72. The van der Waals surface area contributed by atoms with E-state index in [9.17, 15) is 0 Å². The molecule has 2 nitrogen and oxygen atoms in total. The lowest BCUT2D eigenvalue weighted by atomic mass is 10.1. The van der Waals surface area contributed by atoms with Crippen LogP contribution in [0, 0.1) is 0 Å². The topological polar surface area (TPSA) is 28.7 Å². The molecule has 0 aliphatic rings. The van der Waals surface area contributed by atoms with Crippen molar-refractivity contribution in [3.8, 4) is 0 Å². The Morgan fingerprint density at radius 1 is 0.857 bits per heavy atom. The maximum Gasteiger partial charge on any atom is 0.165 e. The molecule has 1 rings (SSSR count). The molecule has 0 saturated heterocycles. The summed E-state index contributed by atoms with van der Waals surface area (Å²) >= 11 is 1.84. The molecule has 1 heterocycles. The lowest BCUT2D eigenvalue weighted by molar-refractivity contribution is 0.548. The molecule has 0 aromatic carbocycles. The molecule has 1 N–H and O–H groups in total. The van der Waals surface area contributed by atoms with Gasteiger partial charge in [-0.15, -0.1) is 17.0 Å². The molecule has 0 radical (unpaired) electrons. The average Bonchev–Trinajstić information content (AvgIpc) is 2.97. The highest BCUT2D eigenvalue weighted by molar-refractivity contribution is 8.93. The number of imidazole rings is 1. The fourth-order valence-corrected chi connectivity index (χ4v) is 3.27. The highest BCUT2D eigenvalue weighted by Crippen LogP contribution is 2.16. The van der Waals surface area contributed by atoms with Crippen LogP contribution < -0.4 is 0 Å². The van der Waals surface area contributed by atoms with Crippen LogP contribution in [0.5, 0.6) is 0 Å². The summed E-state index contributed by atoms with van der Waals surface area (Å²) in [5, 5.41) is 1.06. The van der Waals surface area contributed by atoms with Gasteiger partial charge in [0.05, 0.1) is 0 Å². The first kappa shape index (κ1) is 21.0. The first-order valence-corrected chi connectivity index (χ1v) is 9.54. The Bertz CT molecular complexity index is 291. The fraction of sp³-hybridized carbons (Fsp3) is 0.824. The Morgan fingerprint density at radius 3 is 1.86 bits per heavy atom. The van der Waals surface area contributed by atoms with Gasteiger partial charge in [-0.3, -0.25) is 0 Å². The molecule has 0 aliphatic carbocycles. The summed E-state index contributed by atoms with van der Waals surface area (Å²) in [6.07, 6.45) is 20.8. The summed E-state index contributed by atoms with van der Waals surface area (Å²) in [4.78, 5) is 7.35. The Kier molecular flexibility index (Phi) is 16.4. The Morgan fingerprint density at radius 2 is 1.38 bits per heavy atom. The Balaban J connectivity index is 0.00000400. The van der Waals surface area contributed by atoms with Gasteiger partial charge >= 0.3 is 0 Å². The number of hydrogen-bond donors (Lipinski definition) is 1. The van der Waals surface area contributed by atoms with E-state index in [0.717, 1.165) is 5.16 Å². The number of halogens is 1.